The third kappa shape index (κ3) is 5.19. The number of sulfonamides is 1. The molecule has 0 unspecified atom stereocenters. The number of hydrogen-bond acceptors (Lipinski definition) is 5. The van der Waals surface area contributed by atoms with E-state index in [9.17, 15) is 13.2 Å². The summed E-state index contributed by atoms with van der Waals surface area (Å²) in [6.45, 7) is 7.34. The molecule has 8 heteroatoms. The maximum absolute atomic E-state index is 13.0. The molecule has 0 radical (unpaired) electrons. The Labute approximate surface area is 178 Å². The molecule has 3 rings (SSSR count). The summed E-state index contributed by atoms with van der Waals surface area (Å²) < 4.78 is 32.8. The highest BCUT2D eigenvalue weighted by atomic mass is 32.2. The van der Waals surface area contributed by atoms with Crippen molar-refractivity contribution in [2.45, 2.75) is 25.2 Å². The zero-order valence-corrected chi connectivity index (χ0v) is 18.5. The molecule has 1 aliphatic rings. The standard InChI is InChI=1S/C22H29N3O4S/c1-4-24-10-12-25(13-11-24)30(27,28)20-7-5-6-19(16-20)23-22(26)15-18-9-8-17(2)21(14-18)29-3/h5-9,14,16H,4,10-13,15H2,1-3H3,(H,23,26). The first-order chi connectivity index (χ1) is 14.3. The first-order valence-electron chi connectivity index (χ1n) is 10.1. The van der Waals surface area contributed by atoms with Gasteiger partial charge in [-0.05, 0) is 48.9 Å². The Hall–Kier alpha value is -2.42. The van der Waals surface area contributed by atoms with Gasteiger partial charge < -0.3 is 15.0 Å². The van der Waals surface area contributed by atoms with Crippen molar-refractivity contribution < 1.29 is 17.9 Å². The normalized spacial score (nSPS) is 15.7. The quantitative estimate of drug-likeness (QED) is 0.729. The molecule has 0 spiro atoms. The van der Waals surface area contributed by atoms with Crippen molar-refractivity contribution in [3.8, 4) is 5.75 Å². The van der Waals surface area contributed by atoms with E-state index in [1.54, 1.807) is 25.3 Å². The molecule has 1 saturated heterocycles. The van der Waals surface area contributed by atoms with Gasteiger partial charge in [0.05, 0.1) is 18.4 Å². The molecule has 1 amide bonds. The molecular formula is C22H29N3O4S. The molecule has 7 nitrogen and oxygen atoms in total. The number of likely N-dealkylation sites (N-methyl/N-ethyl adjacent to an activating group) is 1. The van der Waals surface area contributed by atoms with Crippen LogP contribution in [0.5, 0.6) is 5.75 Å². The van der Waals surface area contributed by atoms with E-state index in [-0.39, 0.29) is 17.2 Å². The molecule has 2 aromatic carbocycles. The lowest BCUT2D eigenvalue weighted by molar-refractivity contribution is -0.115. The Morgan fingerprint density at radius 3 is 2.50 bits per heavy atom. The number of hydrogen-bond donors (Lipinski definition) is 1. The molecule has 0 aromatic heterocycles. The molecular weight excluding hydrogens is 402 g/mol. The Morgan fingerprint density at radius 2 is 1.83 bits per heavy atom. The van der Waals surface area contributed by atoms with Crippen LogP contribution in [0.1, 0.15) is 18.1 Å². The molecule has 1 N–H and O–H groups in total. The number of nitrogens with one attached hydrogen (secondary N) is 1. The number of methoxy groups -OCH3 is 1. The van der Waals surface area contributed by atoms with Crippen LogP contribution < -0.4 is 10.1 Å². The Morgan fingerprint density at radius 1 is 1.10 bits per heavy atom. The second-order valence-electron chi connectivity index (χ2n) is 7.40. The van der Waals surface area contributed by atoms with E-state index in [1.807, 2.05) is 25.1 Å². The molecule has 0 aliphatic carbocycles. The van der Waals surface area contributed by atoms with E-state index in [4.69, 9.17) is 4.74 Å². The Balaban J connectivity index is 1.68. The van der Waals surface area contributed by atoms with Crippen LogP contribution in [0.25, 0.3) is 0 Å². The summed E-state index contributed by atoms with van der Waals surface area (Å²) in [4.78, 5) is 14.9. The maximum atomic E-state index is 13.0. The van der Waals surface area contributed by atoms with Gasteiger partial charge in [0.2, 0.25) is 15.9 Å². The number of benzene rings is 2. The third-order valence-electron chi connectivity index (χ3n) is 5.37. The summed E-state index contributed by atoms with van der Waals surface area (Å²) in [5, 5.41) is 2.80. The van der Waals surface area contributed by atoms with Gasteiger partial charge in [0.25, 0.3) is 0 Å². The molecule has 1 aliphatic heterocycles. The lowest BCUT2D eigenvalue weighted by Crippen LogP contribution is -2.48. The number of aryl methyl sites for hydroxylation is 1. The Kier molecular flexibility index (Phi) is 7.12. The Bertz CT molecular complexity index is 999. The molecule has 1 heterocycles. The monoisotopic (exact) mass is 431 g/mol. The van der Waals surface area contributed by atoms with Gasteiger partial charge in [-0.3, -0.25) is 4.79 Å². The fraction of sp³-hybridized carbons (Fsp3) is 0.409. The molecule has 162 valence electrons. The van der Waals surface area contributed by atoms with E-state index in [0.29, 0.717) is 18.8 Å². The van der Waals surface area contributed by atoms with Crippen molar-refractivity contribution in [3.05, 3.63) is 53.6 Å². The van der Waals surface area contributed by atoms with Gasteiger partial charge >= 0.3 is 0 Å². The van der Waals surface area contributed by atoms with Gasteiger partial charge in [-0.15, -0.1) is 0 Å². The number of carbonyl (C=O) groups is 1. The van der Waals surface area contributed by atoms with Gasteiger partial charge in [-0.25, -0.2) is 8.42 Å². The number of anilines is 1. The molecule has 0 bridgehead atoms. The van der Waals surface area contributed by atoms with Crippen molar-refractivity contribution in [2.24, 2.45) is 0 Å². The number of amides is 1. The van der Waals surface area contributed by atoms with Gasteiger partial charge in [-0.2, -0.15) is 4.31 Å². The highest BCUT2D eigenvalue weighted by molar-refractivity contribution is 7.89. The van der Waals surface area contributed by atoms with E-state index in [1.165, 1.54) is 10.4 Å². The fourth-order valence-corrected chi connectivity index (χ4v) is 5.00. The van der Waals surface area contributed by atoms with Crippen molar-refractivity contribution in [2.75, 3.05) is 45.2 Å². The van der Waals surface area contributed by atoms with E-state index in [2.05, 4.69) is 17.1 Å². The predicted octanol–water partition coefficient (Wildman–Crippen LogP) is 2.51. The summed E-state index contributed by atoms with van der Waals surface area (Å²) >= 11 is 0. The summed E-state index contributed by atoms with van der Waals surface area (Å²) in [5.41, 5.74) is 2.29. The smallest absolute Gasteiger partial charge is 0.243 e. The highest BCUT2D eigenvalue weighted by Crippen LogP contribution is 2.22. The van der Waals surface area contributed by atoms with Gasteiger partial charge in [0, 0.05) is 31.9 Å². The van der Waals surface area contributed by atoms with Crippen molar-refractivity contribution in [1.82, 2.24) is 9.21 Å². The predicted molar refractivity (Wildman–Crippen MR) is 117 cm³/mol. The van der Waals surface area contributed by atoms with Crippen LogP contribution in [0.15, 0.2) is 47.4 Å². The second-order valence-corrected chi connectivity index (χ2v) is 9.33. The van der Waals surface area contributed by atoms with Crippen molar-refractivity contribution in [3.63, 3.8) is 0 Å². The summed E-state index contributed by atoms with van der Waals surface area (Å²) in [6, 6.07) is 12.1. The topological polar surface area (TPSA) is 79.0 Å². The van der Waals surface area contributed by atoms with E-state index < -0.39 is 10.0 Å². The SMILES string of the molecule is CCN1CCN(S(=O)(=O)c2cccc(NC(=O)Cc3ccc(C)c(OC)c3)c2)CC1. The fourth-order valence-electron chi connectivity index (χ4n) is 3.53. The van der Waals surface area contributed by atoms with E-state index in [0.717, 1.165) is 36.5 Å². The van der Waals surface area contributed by atoms with E-state index >= 15 is 0 Å². The minimum absolute atomic E-state index is 0.173. The lowest BCUT2D eigenvalue weighted by atomic mass is 10.1. The third-order valence-corrected chi connectivity index (χ3v) is 7.27. The van der Waals surface area contributed by atoms with Crippen LogP contribution >= 0.6 is 0 Å². The zero-order chi connectivity index (χ0) is 21.7. The van der Waals surface area contributed by atoms with Crippen LogP contribution in [0.4, 0.5) is 5.69 Å². The number of piperazine rings is 1. The molecule has 0 atom stereocenters. The van der Waals surface area contributed by atoms with Gasteiger partial charge in [-0.1, -0.05) is 25.1 Å². The lowest BCUT2D eigenvalue weighted by Gasteiger charge is -2.33. The molecule has 2 aromatic rings. The second kappa shape index (κ2) is 9.59. The van der Waals surface area contributed by atoms with Crippen LogP contribution in [0.2, 0.25) is 0 Å². The zero-order valence-electron chi connectivity index (χ0n) is 17.7. The maximum Gasteiger partial charge on any atom is 0.243 e. The van der Waals surface area contributed by atoms with Crippen molar-refractivity contribution >= 4 is 21.6 Å². The highest BCUT2D eigenvalue weighted by Gasteiger charge is 2.28. The van der Waals surface area contributed by atoms with Crippen LogP contribution in [-0.2, 0) is 21.2 Å². The minimum Gasteiger partial charge on any atom is -0.496 e. The molecule has 30 heavy (non-hydrogen) atoms. The largest absolute Gasteiger partial charge is 0.496 e. The summed E-state index contributed by atoms with van der Waals surface area (Å²) in [7, 11) is -1.99. The van der Waals surface area contributed by atoms with Gasteiger partial charge in [0.15, 0.2) is 0 Å². The minimum atomic E-state index is -3.59. The van der Waals surface area contributed by atoms with Crippen molar-refractivity contribution in [1.29, 1.82) is 0 Å². The average Bonchev–Trinajstić information content (AvgIpc) is 2.75. The number of ether oxygens (including phenoxy) is 1. The average molecular weight is 432 g/mol. The first-order valence-corrected chi connectivity index (χ1v) is 11.5. The molecule has 0 saturated carbocycles. The van der Waals surface area contributed by atoms with Crippen LogP contribution in [0, 0.1) is 6.92 Å². The summed E-state index contributed by atoms with van der Waals surface area (Å²) in [6.07, 6.45) is 0.173. The number of rotatable bonds is 7. The number of nitrogens with zero attached hydrogens (tertiary/aromatic N) is 2. The van der Waals surface area contributed by atoms with Crippen LogP contribution in [-0.4, -0.2) is 63.4 Å². The summed E-state index contributed by atoms with van der Waals surface area (Å²) in [5.74, 6) is 0.517. The van der Waals surface area contributed by atoms with Crippen LogP contribution in [0.3, 0.4) is 0 Å². The van der Waals surface area contributed by atoms with Gasteiger partial charge in [0.1, 0.15) is 5.75 Å². The number of carbonyl (C=O) groups excluding carboxylic acids is 1. The first kappa shape index (κ1) is 22.3. The molecule has 1 fully saturated rings.